The van der Waals surface area contributed by atoms with Crippen molar-refractivity contribution in [1.82, 2.24) is 9.55 Å². The summed E-state index contributed by atoms with van der Waals surface area (Å²) in [6, 6.07) is 10.4. The van der Waals surface area contributed by atoms with Crippen molar-refractivity contribution >= 4 is 55.1 Å². The predicted molar refractivity (Wildman–Crippen MR) is 83.8 cm³/mol. The van der Waals surface area contributed by atoms with Crippen LogP contribution in [0.5, 0.6) is 0 Å². The minimum absolute atomic E-state index is 0.286. The van der Waals surface area contributed by atoms with Crippen molar-refractivity contribution < 1.29 is 4.39 Å². The topological polar surface area (TPSA) is 20.7 Å². The largest absolute Gasteiger partial charge is 0.330 e. The molecule has 0 aliphatic carbocycles. The van der Waals surface area contributed by atoms with Crippen molar-refractivity contribution in [3.05, 3.63) is 55.9 Å². The standard InChI is InChI=1S/C13H7Br2FN2S/c14-7-1-3-11(9(15)5-7)18-12-4-2-8(16)6-10(12)17-13(18)19/h1-6H,(H,17,19). The van der Waals surface area contributed by atoms with Crippen LogP contribution in [-0.4, -0.2) is 9.55 Å². The van der Waals surface area contributed by atoms with Crippen molar-refractivity contribution in [3.63, 3.8) is 0 Å². The molecule has 0 aliphatic heterocycles. The molecule has 1 heterocycles. The summed E-state index contributed by atoms with van der Waals surface area (Å²) in [6.45, 7) is 0. The van der Waals surface area contributed by atoms with Crippen molar-refractivity contribution in [2.24, 2.45) is 0 Å². The van der Waals surface area contributed by atoms with Crippen LogP contribution in [-0.2, 0) is 0 Å². The zero-order chi connectivity index (χ0) is 13.6. The van der Waals surface area contributed by atoms with Gasteiger partial charge in [0.05, 0.1) is 16.7 Å². The van der Waals surface area contributed by atoms with Gasteiger partial charge in [0.15, 0.2) is 4.77 Å². The molecule has 0 atom stereocenters. The van der Waals surface area contributed by atoms with Gasteiger partial charge < -0.3 is 4.98 Å². The number of H-pyrrole nitrogens is 1. The number of nitrogens with one attached hydrogen (secondary N) is 1. The van der Waals surface area contributed by atoms with E-state index in [2.05, 4.69) is 36.8 Å². The first kappa shape index (κ1) is 13.0. The first-order valence-corrected chi connectivity index (χ1v) is 7.41. The molecular formula is C13H7Br2FN2S. The van der Waals surface area contributed by atoms with Crippen LogP contribution in [0.1, 0.15) is 0 Å². The number of imidazole rings is 1. The van der Waals surface area contributed by atoms with E-state index in [9.17, 15) is 4.39 Å². The quantitative estimate of drug-likeness (QED) is 0.545. The van der Waals surface area contributed by atoms with Gasteiger partial charge in [-0.05, 0) is 64.5 Å². The van der Waals surface area contributed by atoms with Crippen molar-refractivity contribution in [2.45, 2.75) is 0 Å². The van der Waals surface area contributed by atoms with Gasteiger partial charge in [-0.3, -0.25) is 4.57 Å². The zero-order valence-corrected chi connectivity index (χ0v) is 13.4. The molecule has 2 nitrogen and oxygen atoms in total. The molecule has 0 amide bonds. The number of halogens is 3. The van der Waals surface area contributed by atoms with E-state index in [1.165, 1.54) is 12.1 Å². The highest BCUT2D eigenvalue weighted by atomic mass is 79.9. The lowest BCUT2D eigenvalue weighted by Crippen LogP contribution is -1.95. The SMILES string of the molecule is Fc1ccc2c(c1)[nH]c(=S)n2-c1ccc(Br)cc1Br. The van der Waals surface area contributed by atoms with Gasteiger partial charge >= 0.3 is 0 Å². The molecule has 1 N–H and O–H groups in total. The van der Waals surface area contributed by atoms with Crippen LogP contribution in [0.2, 0.25) is 0 Å². The molecule has 96 valence electrons. The Morgan fingerprint density at radius 3 is 2.63 bits per heavy atom. The lowest BCUT2D eigenvalue weighted by Gasteiger charge is -2.07. The Labute approximate surface area is 130 Å². The third kappa shape index (κ3) is 2.28. The van der Waals surface area contributed by atoms with E-state index in [0.29, 0.717) is 10.3 Å². The highest BCUT2D eigenvalue weighted by Gasteiger charge is 2.10. The summed E-state index contributed by atoms with van der Waals surface area (Å²) < 4.78 is 17.5. The Balaban J connectivity index is 2.36. The monoisotopic (exact) mass is 400 g/mol. The maximum absolute atomic E-state index is 13.2. The second-order valence-corrected chi connectivity index (χ2v) is 6.18. The number of hydrogen-bond acceptors (Lipinski definition) is 1. The lowest BCUT2D eigenvalue weighted by atomic mass is 10.3. The van der Waals surface area contributed by atoms with E-state index in [4.69, 9.17) is 12.2 Å². The van der Waals surface area contributed by atoms with Gasteiger partial charge in [0.25, 0.3) is 0 Å². The van der Waals surface area contributed by atoms with Gasteiger partial charge in [-0.1, -0.05) is 15.9 Å². The van der Waals surface area contributed by atoms with Gasteiger partial charge in [-0.15, -0.1) is 0 Å². The van der Waals surface area contributed by atoms with Crippen LogP contribution in [0.25, 0.3) is 16.7 Å². The van der Waals surface area contributed by atoms with Crippen molar-refractivity contribution in [2.75, 3.05) is 0 Å². The number of rotatable bonds is 1. The Bertz CT molecular complexity index is 838. The van der Waals surface area contributed by atoms with E-state index in [1.807, 2.05) is 22.8 Å². The summed E-state index contributed by atoms with van der Waals surface area (Å²) in [6.07, 6.45) is 0. The Kier molecular flexibility index (Phi) is 3.32. The van der Waals surface area contributed by atoms with Crippen LogP contribution in [0, 0.1) is 10.6 Å². The van der Waals surface area contributed by atoms with Crippen LogP contribution >= 0.6 is 44.1 Å². The summed E-state index contributed by atoms with van der Waals surface area (Å²) in [5.41, 5.74) is 2.43. The average molecular weight is 402 g/mol. The Morgan fingerprint density at radius 2 is 1.89 bits per heavy atom. The summed E-state index contributed by atoms with van der Waals surface area (Å²) in [5.74, 6) is -0.286. The minimum atomic E-state index is -0.286. The third-order valence-electron chi connectivity index (χ3n) is 2.79. The summed E-state index contributed by atoms with van der Waals surface area (Å²) in [4.78, 5) is 3.01. The summed E-state index contributed by atoms with van der Waals surface area (Å²) in [7, 11) is 0. The maximum atomic E-state index is 13.2. The minimum Gasteiger partial charge on any atom is -0.330 e. The van der Waals surface area contributed by atoms with E-state index < -0.39 is 0 Å². The second-order valence-electron chi connectivity index (χ2n) is 4.02. The second kappa shape index (κ2) is 4.85. The van der Waals surface area contributed by atoms with Gasteiger partial charge in [-0.25, -0.2) is 4.39 Å². The molecule has 0 unspecified atom stereocenters. The molecule has 0 spiro atoms. The molecule has 2 aromatic carbocycles. The van der Waals surface area contributed by atoms with Gasteiger partial charge in [0.1, 0.15) is 5.82 Å². The van der Waals surface area contributed by atoms with Crippen molar-refractivity contribution in [3.8, 4) is 5.69 Å². The zero-order valence-electron chi connectivity index (χ0n) is 9.45. The van der Waals surface area contributed by atoms with Gasteiger partial charge in [0, 0.05) is 8.95 Å². The molecule has 19 heavy (non-hydrogen) atoms. The Hall–Kier alpha value is -0.980. The van der Waals surface area contributed by atoms with E-state index in [1.54, 1.807) is 6.07 Å². The molecule has 6 heteroatoms. The predicted octanol–water partition coefficient (Wildman–Crippen LogP) is 5.35. The normalized spacial score (nSPS) is 11.1. The lowest BCUT2D eigenvalue weighted by molar-refractivity contribution is 0.629. The average Bonchev–Trinajstić information content (AvgIpc) is 2.65. The van der Waals surface area contributed by atoms with Gasteiger partial charge in [0.2, 0.25) is 0 Å². The van der Waals surface area contributed by atoms with E-state index in [-0.39, 0.29) is 5.82 Å². The van der Waals surface area contributed by atoms with Gasteiger partial charge in [-0.2, -0.15) is 0 Å². The molecule has 1 aromatic heterocycles. The molecule has 0 saturated heterocycles. The summed E-state index contributed by atoms with van der Waals surface area (Å²) >= 11 is 12.3. The van der Waals surface area contributed by atoms with E-state index in [0.717, 1.165) is 20.1 Å². The molecule has 0 bridgehead atoms. The number of aromatic nitrogens is 2. The molecule has 0 radical (unpaired) electrons. The molecule has 0 fully saturated rings. The van der Waals surface area contributed by atoms with Crippen LogP contribution in [0.3, 0.4) is 0 Å². The fourth-order valence-electron chi connectivity index (χ4n) is 1.99. The summed E-state index contributed by atoms with van der Waals surface area (Å²) in [5, 5.41) is 0. The first-order chi connectivity index (χ1) is 9.06. The first-order valence-electron chi connectivity index (χ1n) is 5.42. The fraction of sp³-hybridized carbons (Fsp3) is 0. The molecule has 3 aromatic rings. The number of aromatic amines is 1. The number of hydrogen-bond donors (Lipinski definition) is 1. The molecule has 0 saturated carbocycles. The molecule has 3 rings (SSSR count). The fourth-order valence-corrected chi connectivity index (χ4v) is 3.52. The van der Waals surface area contributed by atoms with E-state index >= 15 is 0 Å². The van der Waals surface area contributed by atoms with Crippen molar-refractivity contribution in [1.29, 1.82) is 0 Å². The van der Waals surface area contributed by atoms with Crippen LogP contribution < -0.4 is 0 Å². The number of nitrogens with zero attached hydrogens (tertiary/aromatic N) is 1. The number of fused-ring (bicyclic) bond motifs is 1. The number of benzene rings is 2. The van der Waals surface area contributed by atoms with Crippen LogP contribution in [0.4, 0.5) is 4.39 Å². The maximum Gasteiger partial charge on any atom is 0.182 e. The molecule has 0 aliphatic rings. The highest BCUT2D eigenvalue weighted by Crippen LogP contribution is 2.28. The smallest absolute Gasteiger partial charge is 0.182 e. The third-order valence-corrected chi connectivity index (χ3v) is 4.21. The highest BCUT2D eigenvalue weighted by molar-refractivity contribution is 9.11. The molecular weight excluding hydrogens is 395 g/mol. The van der Waals surface area contributed by atoms with Crippen LogP contribution in [0.15, 0.2) is 45.3 Å². The Morgan fingerprint density at radius 1 is 1.11 bits per heavy atom.